The number of carbonyl (C=O) groups is 2. The van der Waals surface area contributed by atoms with Crippen molar-refractivity contribution in [3.63, 3.8) is 0 Å². The van der Waals surface area contributed by atoms with Gasteiger partial charge in [-0.2, -0.15) is 0 Å². The molecule has 3 aliphatic rings. The number of likely N-dealkylation sites (tertiary alicyclic amines) is 2. The number of hydrogen-bond donors (Lipinski definition) is 1. The van der Waals surface area contributed by atoms with Gasteiger partial charge in [-0.25, -0.2) is 0 Å². The zero-order chi connectivity index (χ0) is 20.1. The zero-order valence-electron chi connectivity index (χ0n) is 17.5. The van der Waals surface area contributed by atoms with Crippen molar-refractivity contribution in [3.8, 4) is 0 Å². The molecular formula is C24H35N3O2. The summed E-state index contributed by atoms with van der Waals surface area (Å²) in [5, 5.41) is 3.28. The maximum absolute atomic E-state index is 12.9. The van der Waals surface area contributed by atoms with Crippen molar-refractivity contribution in [3.05, 3.63) is 35.9 Å². The van der Waals surface area contributed by atoms with E-state index in [1.54, 1.807) is 0 Å². The summed E-state index contributed by atoms with van der Waals surface area (Å²) in [6, 6.07) is 10.5. The molecule has 1 N–H and O–H groups in total. The summed E-state index contributed by atoms with van der Waals surface area (Å²) in [5.74, 6) is 0.132. The van der Waals surface area contributed by atoms with Crippen LogP contribution in [0.1, 0.15) is 63.4 Å². The minimum atomic E-state index is -0.286. The second-order valence-electron chi connectivity index (χ2n) is 9.02. The van der Waals surface area contributed by atoms with Gasteiger partial charge in [-0.15, -0.1) is 0 Å². The van der Waals surface area contributed by atoms with Crippen LogP contribution >= 0.6 is 0 Å². The average molecular weight is 398 g/mol. The lowest BCUT2D eigenvalue weighted by Gasteiger charge is -2.39. The van der Waals surface area contributed by atoms with Crippen LogP contribution in [0.2, 0.25) is 0 Å². The van der Waals surface area contributed by atoms with E-state index in [-0.39, 0.29) is 23.9 Å². The van der Waals surface area contributed by atoms with Crippen LogP contribution in [-0.4, -0.2) is 59.4 Å². The van der Waals surface area contributed by atoms with E-state index in [9.17, 15) is 9.59 Å². The van der Waals surface area contributed by atoms with E-state index < -0.39 is 0 Å². The Morgan fingerprint density at radius 2 is 1.59 bits per heavy atom. The molecule has 5 nitrogen and oxygen atoms in total. The van der Waals surface area contributed by atoms with Crippen LogP contribution in [0.15, 0.2) is 30.3 Å². The van der Waals surface area contributed by atoms with E-state index in [4.69, 9.17) is 0 Å². The molecule has 1 aliphatic carbocycles. The van der Waals surface area contributed by atoms with Gasteiger partial charge in [-0.05, 0) is 70.0 Å². The van der Waals surface area contributed by atoms with Gasteiger partial charge in [-0.3, -0.25) is 9.59 Å². The molecule has 0 bridgehead atoms. The summed E-state index contributed by atoms with van der Waals surface area (Å²) >= 11 is 0. The standard InChI is InChI=1S/C24H35N3O2/c28-23(18-19-8-3-1-4-9-19)27-17-7-10-22(27)24(29)25-20-11-13-21(14-12-20)26-15-5-2-6-16-26/h1,3-4,8-9,20-22H,2,5-7,10-18H2,(H,25,29)/t20?,21?,22-/m1/s1. The predicted molar refractivity (Wildman–Crippen MR) is 114 cm³/mol. The molecular weight excluding hydrogens is 362 g/mol. The average Bonchev–Trinajstić information content (AvgIpc) is 3.26. The maximum atomic E-state index is 12.9. The van der Waals surface area contributed by atoms with Crippen molar-refractivity contribution < 1.29 is 9.59 Å². The van der Waals surface area contributed by atoms with Crippen molar-refractivity contribution in [2.24, 2.45) is 0 Å². The van der Waals surface area contributed by atoms with Gasteiger partial charge in [-0.1, -0.05) is 36.8 Å². The number of amides is 2. The Labute approximate surface area is 174 Å². The molecule has 1 aromatic rings. The third-order valence-corrected chi connectivity index (χ3v) is 7.02. The zero-order valence-corrected chi connectivity index (χ0v) is 17.5. The smallest absolute Gasteiger partial charge is 0.243 e. The lowest BCUT2D eigenvalue weighted by molar-refractivity contribution is -0.138. The highest BCUT2D eigenvalue weighted by molar-refractivity contribution is 5.89. The first-order valence-corrected chi connectivity index (χ1v) is 11.6. The molecule has 1 aromatic carbocycles. The van der Waals surface area contributed by atoms with E-state index in [0.29, 0.717) is 19.0 Å². The first-order valence-electron chi connectivity index (χ1n) is 11.6. The quantitative estimate of drug-likeness (QED) is 0.831. The van der Waals surface area contributed by atoms with Crippen molar-refractivity contribution in [2.45, 2.75) is 82.3 Å². The normalized spacial score (nSPS) is 28.3. The Kier molecular flexibility index (Phi) is 6.86. The summed E-state index contributed by atoms with van der Waals surface area (Å²) in [6.45, 7) is 3.20. The van der Waals surface area contributed by atoms with E-state index in [1.807, 2.05) is 35.2 Å². The fraction of sp³-hybridized carbons (Fsp3) is 0.667. The van der Waals surface area contributed by atoms with Gasteiger partial charge in [0.05, 0.1) is 6.42 Å². The second-order valence-corrected chi connectivity index (χ2v) is 9.02. The number of benzene rings is 1. The molecule has 2 amide bonds. The van der Waals surface area contributed by atoms with Crippen LogP contribution in [-0.2, 0) is 16.0 Å². The van der Waals surface area contributed by atoms with E-state index in [1.165, 1.54) is 45.2 Å². The highest BCUT2D eigenvalue weighted by Crippen LogP contribution is 2.26. The van der Waals surface area contributed by atoms with Gasteiger partial charge in [0, 0.05) is 18.6 Å². The molecule has 0 spiro atoms. The largest absolute Gasteiger partial charge is 0.352 e. The molecule has 29 heavy (non-hydrogen) atoms. The Morgan fingerprint density at radius 3 is 2.31 bits per heavy atom. The predicted octanol–water partition coefficient (Wildman–Crippen LogP) is 3.13. The molecule has 2 saturated heterocycles. The van der Waals surface area contributed by atoms with Crippen molar-refractivity contribution in [1.82, 2.24) is 15.1 Å². The van der Waals surface area contributed by atoms with Crippen LogP contribution in [0.5, 0.6) is 0 Å². The minimum Gasteiger partial charge on any atom is -0.352 e. The van der Waals surface area contributed by atoms with Crippen LogP contribution in [0.25, 0.3) is 0 Å². The van der Waals surface area contributed by atoms with Crippen LogP contribution in [0.3, 0.4) is 0 Å². The van der Waals surface area contributed by atoms with Gasteiger partial charge in [0.2, 0.25) is 11.8 Å². The van der Waals surface area contributed by atoms with Crippen molar-refractivity contribution in [1.29, 1.82) is 0 Å². The molecule has 158 valence electrons. The number of nitrogens with one attached hydrogen (secondary N) is 1. The molecule has 2 aliphatic heterocycles. The molecule has 2 heterocycles. The topological polar surface area (TPSA) is 52.7 Å². The summed E-state index contributed by atoms with van der Waals surface area (Å²) in [5.41, 5.74) is 1.01. The van der Waals surface area contributed by atoms with Gasteiger partial charge in [0.25, 0.3) is 0 Å². The lowest BCUT2D eigenvalue weighted by Crippen LogP contribution is -2.51. The van der Waals surface area contributed by atoms with Crippen LogP contribution in [0, 0.1) is 0 Å². The Hall–Kier alpha value is -1.88. The number of hydrogen-bond acceptors (Lipinski definition) is 3. The van der Waals surface area contributed by atoms with Crippen LogP contribution in [0.4, 0.5) is 0 Å². The Bertz CT molecular complexity index is 679. The van der Waals surface area contributed by atoms with E-state index in [0.717, 1.165) is 31.2 Å². The Balaban J connectivity index is 1.26. The summed E-state index contributed by atoms with van der Waals surface area (Å²) in [4.78, 5) is 30.2. The lowest BCUT2D eigenvalue weighted by atomic mass is 9.89. The first-order chi connectivity index (χ1) is 14.2. The van der Waals surface area contributed by atoms with Crippen molar-refractivity contribution >= 4 is 11.8 Å². The highest BCUT2D eigenvalue weighted by atomic mass is 16.2. The van der Waals surface area contributed by atoms with Gasteiger partial charge in [0.1, 0.15) is 6.04 Å². The number of piperidine rings is 1. The van der Waals surface area contributed by atoms with Gasteiger partial charge in [0.15, 0.2) is 0 Å². The summed E-state index contributed by atoms with van der Waals surface area (Å²) in [6.07, 6.45) is 10.6. The molecule has 0 aromatic heterocycles. The fourth-order valence-electron chi connectivity index (χ4n) is 5.38. The highest BCUT2D eigenvalue weighted by Gasteiger charge is 2.35. The monoisotopic (exact) mass is 397 g/mol. The minimum absolute atomic E-state index is 0.0605. The second kappa shape index (κ2) is 9.75. The molecule has 4 rings (SSSR count). The van der Waals surface area contributed by atoms with E-state index >= 15 is 0 Å². The van der Waals surface area contributed by atoms with Gasteiger partial charge >= 0.3 is 0 Å². The van der Waals surface area contributed by atoms with Crippen LogP contribution < -0.4 is 5.32 Å². The molecule has 0 unspecified atom stereocenters. The third-order valence-electron chi connectivity index (χ3n) is 7.02. The number of nitrogens with zero attached hydrogens (tertiary/aromatic N) is 2. The molecule has 0 radical (unpaired) electrons. The summed E-state index contributed by atoms with van der Waals surface area (Å²) < 4.78 is 0. The van der Waals surface area contributed by atoms with Crippen molar-refractivity contribution in [2.75, 3.05) is 19.6 Å². The maximum Gasteiger partial charge on any atom is 0.243 e. The fourth-order valence-corrected chi connectivity index (χ4v) is 5.38. The third kappa shape index (κ3) is 5.19. The molecule has 5 heteroatoms. The summed E-state index contributed by atoms with van der Waals surface area (Å²) in [7, 11) is 0. The van der Waals surface area contributed by atoms with E-state index in [2.05, 4.69) is 10.2 Å². The first kappa shape index (κ1) is 20.4. The number of rotatable bonds is 5. The number of carbonyl (C=O) groups excluding carboxylic acids is 2. The SMILES string of the molecule is O=C(NC1CCC(N2CCCCC2)CC1)[C@H]1CCCN1C(=O)Cc1ccccc1. The van der Waals surface area contributed by atoms with Gasteiger partial charge < -0.3 is 15.1 Å². The molecule has 1 saturated carbocycles. The molecule has 1 atom stereocenters. The molecule has 3 fully saturated rings. The Morgan fingerprint density at radius 1 is 0.862 bits per heavy atom.